The van der Waals surface area contributed by atoms with Crippen LogP contribution in [-0.2, 0) is 0 Å². The summed E-state index contributed by atoms with van der Waals surface area (Å²) in [6, 6.07) is 8.27. The molecule has 0 aliphatic carbocycles. The normalized spacial score (nSPS) is 18.8. The molecule has 4 rings (SSSR count). The molecule has 2 aliphatic rings. The van der Waals surface area contributed by atoms with Gasteiger partial charge in [0.1, 0.15) is 5.82 Å². The molecule has 8 nitrogen and oxygen atoms in total. The number of benzene rings is 1. The number of nitrogens with one attached hydrogen (secondary N) is 3. The average Bonchev–Trinajstić information content (AvgIpc) is 3.35. The molecule has 2 amide bonds. The summed E-state index contributed by atoms with van der Waals surface area (Å²) < 4.78 is 0.839. The molecule has 2 fully saturated rings. The van der Waals surface area contributed by atoms with Crippen molar-refractivity contribution in [3.63, 3.8) is 0 Å². The Hall–Kier alpha value is -2.39. The standard InChI is InChI=1S/C24H34BrN7O/c1-18-8-2-3-12-31(18)15-7-11-26-22-21(25)17-27-23(30-22)28-19-9-6-10-20(16-19)29-24(33)32-13-4-5-14-32/h6,9-10,16-18H,2-5,7-8,11-15H2,1H3,(H,29,33)(H2,26,27,28,30). The predicted octanol–water partition coefficient (Wildman–Crippen LogP) is 5.29. The molecule has 33 heavy (non-hydrogen) atoms. The minimum atomic E-state index is -0.0463. The molecule has 1 aromatic heterocycles. The summed E-state index contributed by atoms with van der Waals surface area (Å²) >= 11 is 3.55. The van der Waals surface area contributed by atoms with E-state index in [1.807, 2.05) is 29.2 Å². The van der Waals surface area contributed by atoms with Crippen LogP contribution < -0.4 is 16.0 Å². The van der Waals surface area contributed by atoms with Crippen LogP contribution >= 0.6 is 15.9 Å². The lowest BCUT2D eigenvalue weighted by molar-refractivity contribution is 0.160. The highest BCUT2D eigenvalue weighted by molar-refractivity contribution is 9.10. The van der Waals surface area contributed by atoms with Crippen LogP contribution in [0.15, 0.2) is 34.9 Å². The lowest BCUT2D eigenvalue weighted by Gasteiger charge is -2.33. The third-order valence-corrected chi connectivity index (χ3v) is 6.94. The number of aromatic nitrogens is 2. The zero-order chi connectivity index (χ0) is 23.0. The van der Waals surface area contributed by atoms with Gasteiger partial charge in [0.2, 0.25) is 5.95 Å². The van der Waals surface area contributed by atoms with Crippen molar-refractivity contribution in [1.29, 1.82) is 0 Å². The molecule has 0 spiro atoms. The highest BCUT2D eigenvalue weighted by atomic mass is 79.9. The van der Waals surface area contributed by atoms with Gasteiger partial charge in [0.05, 0.1) is 4.47 Å². The second-order valence-electron chi connectivity index (χ2n) is 8.88. The molecular weight excluding hydrogens is 482 g/mol. The second kappa shape index (κ2) is 11.7. The largest absolute Gasteiger partial charge is 0.369 e. The average molecular weight is 516 g/mol. The van der Waals surface area contributed by atoms with Crippen molar-refractivity contribution in [2.75, 3.05) is 48.7 Å². The number of likely N-dealkylation sites (tertiary alicyclic amines) is 2. The van der Waals surface area contributed by atoms with Crippen molar-refractivity contribution in [3.8, 4) is 0 Å². The number of rotatable bonds is 8. The first-order valence-electron chi connectivity index (χ1n) is 12.0. The number of carbonyl (C=O) groups excluding carboxylic acids is 1. The van der Waals surface area contributed by atoms with E-state index in [4.69, 9.17) is 0 Å². The number of nitrogens with zero attached hydrogens (tertiary/aromatic N) is 4. The zero-order valence-corrected chi connectivity index (χ0v) is 20.9. The molecule has 3 heterocycles. The van der Waals surface area contributed by atoms with Crippen LogP contribution in [0.4, 0.5) is 27.9 Å². The number of halogens is 1. The van der Waals surface area contributed by atoms with Crippen LogP contribution in [-0.4, -0.2) is 64.6 Å². The highest BCUT2D eigenvalue weighted by Gasteiger charge is 2.18. The number of hydrogen-bond acceptors (Lipinski definition) is 6. The third-order valence-electron chi connectivity index (χ3n) is 6.36. The van der Waals surface area contributed by atoms with Gasteiger partial charge in [0.25, 0.3) is 0 Å². The molecule has 0 bridgehead atoms. The van der Waals surface area contributed by atoms with Gasteiger partial charge in [0.15, 0.2) is 0 Å². The fraction of sp³-hybridized carbons (Fsp3) is 0.542. The molecule has 2 saturated heterocycles. The fourth-order valence-electron chi connectivity index (χ4n) is 4.46. The summed E-state index contributed by atoms with van der Waals surface area (Å²) in [5.74, 6) is 1.28. The summed E-state index contributed by atoms with van der Waals surface area (Å²) in [7, 11) is 0. The van der Waals surface area contributed by atoms with Crippen molar-refractivity contribution < 1.29 is 4.79 Å². The molecule has 2 aromatic rings. The minimum Gasteiger partial charge on any atom is -0.369 e. The van der Waals surface area contributed by atoms with Crippen LogP contribution in [0.1, 0.15) is 45.4 Å². The molecule has 1 aromatic carbocycles. The van der Waals surface area contributed by atoms with E-state index < -0.39 is 0 Å². The molecule has 1 unspecified atom stereocenters. The monoisotopic (exact) mass is 515 g/mol. The first-order valence-corrected chi connectivity index (χ1v) is 12.8. The Morgan fingerprint density at radius 2 is 1.94 bits per heavy atom. The summed E-state index contributed by atoms with van der Waals surface area (Å²) in [6.45, 7) is 7.16. The van der Waals surface area contributed by atoms with Crippen molar-refractivity contribution in [1.82, 2.24) is 19.8 Å². The van der Waals surface area contributed by atoms with E-state index in [9.17, 15) is 4.79 Å². The summed E-state index contributed by atoms with van der Waals surface area (Å²) in [5, 5.41) is 9.66. The van der Waals surface area contributed by atoms with Gasteiger partial charge in [-0.25, -0.2) is 9.78 Å². The molecule has 0 radical (unpaired) electrons. The van der Waals surface area contributed by atoms with E-state index in [-0.39, 0.29) is 6.03 Å². The van der Waals surface area contributed by atoms with Gasteiger partial charge < -0.3 is 25.8 Å². The number of carbonyl (C=O) groups is 1. The Bertz CT molecular complexity index is 935. The number of piperidine rings is 1. The maximum Gasteiger partial charge on any atom is 0.321 e. The van der Waals surface area contributed by atoms with Crippen molar-refractivity contribution in [3.05, 3.63) is 34.9 Å². The van der Waals surface area contributed by atoms with Gasteiger partial charge in [-0.05, 0) is 79.7 Å². The second-order valence-corrected chi connectivity index (χ2v) is 9.74. The van der Waals surface area contributed by atoms with E-state index in [0.29, 0.717) is 12.0 Å². The van der Waals surface area contributed by atoms with Crippen LogP contribution in [0.25, 0.3) is 0 Å². The van der Waals surface area contributed by atoms with Crippen LogP contribution in [0, 0.1) is 0 Å². The maximum atomic E-state index is 12.4. The van der Waals surface area contributed by atoms with Gasteiger partial charge in [-0.15, -0.1) is 0 Å². The molecule has 0 saturated carbocycles. The van der Waals surface area contributed by atoms with Crippen molar-refractivity contribution in [2.24, 2.45) is 0 Å². The maximum absolute atomic E-state index is 12.4. The summed E-state index contributed by atoms with van der Waals surface area (Å²) in [4.78, 5) is 25.8. The number of hydrogen-bond donors (Lipinski definition) is 3. The smallest absolute Gasteiger partial charge is 0.321 e. The molecule has 178 valence electrons. The minimum absolute atomic E-state index is 0.0463. The first kappa shape index (κ1) is 23.8. The molecular formula is C24H34BrN7O. The summed E-state index contributed by atoms with van der Waals surface area (Å²) in [6.07, 6.45) is 8.95. The topological polar surface area (TPSA) is 85.4 Å². The first-order chi connectivity index (χ1) is 16.1. The highest BCUT2D eigenvalue weighted by Crippen LogP contribution is 2.24. The SMILES string of the molecule is CC1CCCCN1CCCNc1nc(Nc2cccc(NC(=O)N3CCCC3)c2)ncc1Br. The number of anilines is 4. The lowest BCUT2D eigenvalue weighted by atomic mass is 10.0. The van der Waals surface area contributed by atoms with E-state index in [1.165, 1.54) is 25.8 Å². The third kappa shape index (κ3) is 6.80. The Kier molecular flexibility index (Phi) is 8.39. The van der Waals surface area contributed by atoms with Crippen molar-refractivity contribution in [2.45, 2.75) is 51.5 Å². The van der Waals surface area contributed by atoms with E-state index in [0.717, 1.165) is 67.1 Å². The quantitative estimate of drug-likeness (QED) is 0.414. The predicted molar refractivity (Wildman–Crippen MR) is 137 cm³/mol. The Balaban J connectivity index is 1.30. The Labute approximate surface area is 204 Å². The Morgan fingerprint density at radius 1 is 1.15 bits per heavy atom. The molecule has 9 heteroatoms. The van der Waals surface area contributed by atoms with Crippen molar-refractivity contribution >= 4 is 45.1 Å². The fourth-order valence-corrected chi connectivity index (χ4v) is 4.79. The molecule has 1 atom stereocenters. The van der Waals surface area contributed by atoms with Crippen LogP contribution in [0.5, 0.6) is 0 Å². The number of urea groups is 1. The van der Waals surface area contributed by atoms with E-state index >= 15 is 0 Å². The molecule has 3 N–H and O–H groups in total. The van der Waals surface area contributed by atoms with Gasteiger partial charge in [0, 0.05) is 49.8 Å². The lowest BCUT2D eigenvalue weighted by Crippen LogP contribution is -2.38. The zero-order valence-electron chi connectivity index (χ0n) is 19.3. The van der Waals surface area contributed by atoms with Gasteiger partial charge >= 0.3 is 6.03 Å². The van der Waals surface area contributed by atoms with Crippen LogP contribution in [0.2, 0.25) is 0 Å². The van der Waals surface area contributed by atoms with Gasteiger partial charge in [-0.3, -0.25) is 0 Å². The number of amides is 2. The van der Waals surface area contributed by atoms with Crippen LogP contribution in [0.3, 0.4) is 0 Å². The molecule has 2 aliphatic heterocycles. The van der Waals surface area contributed by atoms with Gasteiger partial charge in [-0.2, -0.15) is 4.98 Å². The Morgan fingerprint density at radius 3 is 2.76 bits per heavy atom. The summed E-state index contributed by atoms with van der Waals surface area (Å²) in [5.41, 5.74) is 1.57. The van der Waals surface area contributed by atoms with E-state index in [2.05, 4.69) is 53.7 Å². The van der Waals surface area contributed by atoms with E-state index in [1.54, 1.807) is 6.20 Å². The van der Waals surface area contributed by atoms with Gasteiger partial charge in [-0.1, -0.05) is 12.5 Å².